The van der Waals surface area contributed by atoms with E-state index in [1.54, 1.807) is 23.5 Å². The number of fused-ring (bicyclic) bond motifs is 1. The Labute approximate surface area is 150 Å². The molecule has 0 spiro atoms. The van der Waals surface area contributed by atoms with Gasteiger partial charge in [0.15, 0.2) is 0 Å². The number of hydrogen-bond acceptors (Lipinski definition) is 4. The van der Waals surface area contributed by atoms with Gasteiger partial charge in [0.1, 0.15) is 10.8 Å². The van der Waals surface area contributed by atoms with Gasteiger partial charge in [-0.2, -0.15) is 0 Å². The zero-order valence-corrected chi connectivity index (χ0v) is 14.9. The topological polar surface area (TPSA) is 36.4 Å². The van der Waals surface area contributed by atoms with E-state index in [0.717, 1.165) is 37.6 Å². The minimum absolute atomic E-state index is 0.253. The largest absolute Gasteiger partial charge is 0.508 e. The molecule has 0 aliphatic heterocycles. The molecule has 0 saturated carbocycles. The summed E-state index contributed by atoms with van der Waals surface area (Å²) in [4.78, 5) is 6.83. The first kappa shape index (κ1) is 15.7. The number of hydrogen-bond donors (Lipinski definition) is 1. The molecule has 25 heavy (non-hydrogen) atoms. The summed E-state index contributed by atoms with van der Waals surface area (Å²) in [5.74, 6) is 0.253. The summed E-state index contributed by atoms with van der Waals surface area (Å²) in [6.07, 6.45) is 0. The number of phenolic OH excluding ortho intramolecular Hbond substituents is 1. The van der Waals surface area contributed by atoms with E-state index >= 15 is 0 Å². The fraction of sp³-hybridized carbons (Fsp3) is 0.0952. The molecule has 1 N–H and O–H groups in total. The smallest absolute Gasteiger partial charge is 0.125 e. The average Bonchev–Trinajstić information content (AvgIpc) is 3.06. The predicted octanol–water partition coefficient (Wildman–Crippen LogP) is 5.40. The Hall–Kier alpha value is -2.85. The van der Waals surface area contributed by atoms with Crippen molar-refractivity contribution in [2.75, 3.05) is 19.0 Å². The van der Waals surface area contributed by atoms with Gasteiger partial charge in [0.2, 0.25) is 0 Å². The van der Waals surface area contributed by atoms with Gasteiger partial charge in [-0.3, -0.25) is 0 Å². The van der Waals surface area contributed by atoms with Crippen molar-refractivity contribution in [2.24, 2.45) is 0 Å². The number of aromatic hydroxyl groups is 1. The van der Waals surface area contributed by atoms with Crippen LogP contribution in [0.15, 0.2) is 66.7 Å². The van der Waals surface area contributed by atoms with Crippen LogP contribution in [0.4, 0.5) is 5.69 Å². The quantitative estimate of drug-likeness (QED) is 0.539. The Balaban J connectivity index is 1.86. The summed E-state index contributed by atoms with van der Waals surface area (Å²) in [5.41, 5.74) is 5.28. The molecule has 0 radical (unpaired) electrons. The third-order valence-electron chi connectivity index (χ3n) is 4.22. The number of aromatic nitrogens is 1. The lowest BCUT2D eigenvalue weighted by molar-refractivity contribution is 0.475. The Bertz CT molecular complexity index is 1000. The molecule has 1 heterocycles. The number of nitrogens with zero attached hydrogens (tertiary/aromatic N) is 2. The minimum atomic E-state index is 0.253. The van der Waals surface area contributed by atoms with Crippen molar-refractivity contribution in [1.29, 1.82) is 0 Å². The van der Waals surface area contributed by atoms with E-state index in [4.69, 9.17) is 4.98 Å². The van der Waals surface area contributed by atoms with E-state index in [1.165, 1.54) is 0 Å². The second-order valence-corrected chi connectivity index (χ2v) is 7.19. The van der Waals surface area contributed by atoms with Crippen LogP contribution in [-0.2, 0) is 0 Å². The first-order chi connectivity index (χ1) is 12.1. The third kappa shape index (κ3) is 2.96. The molecule has 0 aliphatic carbocycles. The maximum Gasteiger partial charge on any atom is 0.125 e. The van der Waals surface area contributed by atoms with Crippen LogP contribution in [0.3, 0.4) is 0 Å². The van der Waals surface area contributed by atoms with E-state index < -0.39 is 0 Å². The van der Waals surface area contributed by atoms with Gasteiger partial charge in [-0.25, -0.2) is 4.98 Å². The SMILES string of the molecule is CN(C)c1ccc(-c2ccc(O)cc2-c2nc3ccccc3s2)cc1. The fourth-order valence-corrected chi connectivity index (χ4v) is 3.88. The Morgan fingerprint density at radius 1 is 0.880 bits per heavy atom. The highest BCUT2D eigenvalue weighted by atomic mass is 32.1. The summed E-state index contributed by atoms with van der Waals surface area (Å²) < 4.78 is 1.15. The zero-order chi connectivity index (χ0) is 17.4. The maximum atomic E-state index is 10.0. The standard InChI is InChI=1S/C21H18N2OS/c1-23(2)15-9-7-14(8-10-15)17-12-11-16(24)13-18(17)21-22-19-5-3-4-6-20(19)25-21/h3-13,24H,1-2H3. The summed E-state index contributed by atoms with van der Waals surface area (Å²) in [5, 5.41) is 10.9. The maximum absolute atomic E-state index is 10.0. The highest BCUT2D eigenvalue weighted by Crippen LogP contribution is 2.38. The van der Waals surface area contributed by atoms with Crippen LogP contribution in [0, 0.1) is 0 Å². The molecule has 1 aromatic heterocycles. The van der Waals surface area contributed by atoms with Gasteiger partial charge in [0.25, 0.3) is 0 Å². The van der Waals surface area contributed by atoms with Gasteiger partial charge < -0.3 is 10.0 Å². The van der Waals surface area contributed by atoms with Crippen LogP contribution in [0.25, 0.3) is 31.9 Å². The summed E-state index contributed by atoms with van der Waals surface area (Å²) >= 11 is 1.65. The minimum Gasteiger partial charge on any atom is -0.508 e. The molecule has 0 amide bonds. The van der Waals surface area contributed by atoms with Gasteiger partial charge in [-0.1, -0.05) is 24.3 Å². The second-order valence-electron chi connectivity index (χ2n) is 6.16. The van der Waals surface area contributed by atoms with Crippen molar-refractivity contribution in [3.05, 3.63) is 66.7 Å². The first-order valence-electron chi connectivity index (χ1n) is 8.08. The molecule has 3 nitrogen and oxygen atoms in total. The molecular formula is C21H18N2OS. The fourth-order valence-electron chi connectivity index (χ4n) is 2.89. The molecule has 3 aromatic carbocycles. The number of para-hydroxylation sites is 1. The molecule has 0 saturated heterocycles. The van der Waals surface area contributed by atoms with Gasteiger partial charge in [0.05, 0.1) is 10.2 Å². The average molecular weight is 346 g/mol. The van der Waals surface area contributed by atoms with Crippen molar-refractivity contribution in [3.63, 3.8) is 0 Å². The van der Waals surface area contributed by atoms with Gasteiger partial charge >= 0.3 is 0 Å². The van der Waals surface area contributed by atoms with Gasteiger partial charge in [-0.05, 0) is 53.6 Å². The molecule has 0 bridgehead atoms. The van der Waals surface area contributed by atoms with Crippen molar-refractivity contribution in [3.8, 4) is 27.4 Å². The molecular weight excluding hydrogens is 328 g/mol. The molecule has 4 rings (SSSR count). The monoisotopic (exact) mass is 346 g/mol. The Morgan fingerprint density at radius 2 is 1.64 bits per heavy atom. The Kier molecular flexibility index (Phi) is 3.90. The lowest BCUT2D eigenvalue weighted by Gasteiger charge is -2.14. The van der Waals surface area contributed by atoms with Crippen LogP contribution in [-0.4, -0.2) is 24.2 Å². The van der Waals surface area contributed by atoms with E-state index in [0.29, 0.717) is 0 Å². The number of anilines is 1. The Morgan fingerprint density at radius 3 is 2.36 bits per heavy atom. The second kappa shape index (κ2) is 6.22. The van der Waals surface area contributed by atoms with E-state index in [1.807, 2.05) is 38.4 Å². The van der Waals surface area contributed by atoms with Crippen LogP contribution in [0.1, 0.15) is 0 Å². The summed E-state index contributed by atoms with van der Waals surface area (Å²) in [6, 6.07) is 22.0. The first-order valence-corrected chi connectivity index (χ1v) is 8.90. The van der Waals surface area contributed by atoms with Gasteiger partial charge in [0, 0.05) is 25.3 Å². The number of phenols is 1. The van der Waals surface area contributed by atoms with Crippen LogP contribution >= 0.6 is 11.3 Å². The molecule has 4 aromatic rings. The normalized spacial score (nSPS) is 11.0. The molecule has 4 heteroatoms. The number of rotatable bonds is 3. The van der Waals surface area contributed by atoms with Crippen LogP contribution in [0.5, 0.6) is 5.75 Å². The molecule has 0 unspecified atom stereocenters. The number of thiazole rings is 1. The molecule has 0 atom stereocenters. The van der Waals surface area contributed by atoms with Crippen LogP contribution < -0.4 is 4.90 Å². The van der Waals surface area contributed by atoms with E-state index in [2.05, 4.69) is 35.2 Å². The lowest BCUT2D eigenvalue weighted by atomic mass is 9.99. The lowest BCUT2D eigenvalue weighted by Crippen LogP contribution is -2.07. The van der Waals surface area contributed by atoms with Crippen LogP contribution in [0.2, 0.25) is 0 Å². The molecule has 0 aliphatic rings. The predicted molar refractivity (Wildman–Crippen MR) is 106 cm³/mol. The summed E-state index contributed by atoms with van der Waals surface area (Å²) in [6.45, 7) is 0. The molecule has 0 fully saturated rings. The van der Waals surface area contributed by atoms with Gasteiger partial charge in [-0.15, -0.1) is 11.3 Å². The molecule has 124 valence electrons. The highest BCUT2D eigenvalue weighted by Gasteiger charge is 2.13. The highest BCUT2D eigenvalue weighted by molar-refractivity contribution is 7.21. The van der Waals surface area contributed by atoms with Crippen molar-refractivity contribution in [1.82, 2.24) is 4.98 Å². The van der Waals surface area contributed by atoms with E-state index in [-0.39, 0.29) is 5.75 Å². The van der Waals surface area contributed by atoms with E-state index in [9.17, 15) is 5.11 Å². The number of benzene rings is 3. The van der Waals surface area contributed by atoms with Crippen molar-refractivity contribution >= 4 is 27.2 Å². The zero-order valence-electron chi connectivity index (χ0n) is 14.1. The summed E-state index contributed by atoms with van der Waals surface area (Å²) in [7, 11) is 4.06. The third-order valence-corrected chi connectivity index (χ3v) is 5.29. The van der Waals surface area contributed by atoms with Crippen molar-refractivity contribution in [2.45, 2.75) is 0 Å². The van der Waals surface area contributed by atoms with Crippen molar-refractivity contribution < 1.29 is 5.11 Å².